The van der Waals surface area contributed by atoms with E-state index in [2.05, 4.69) is 9.97 Å². The number of ether oxygens (including phenoxy) is 3. The summed E-state index contributed by atoms with van der Waals surface area (Å²) in [5.74, 6) is 0.773. The van der Waals surface area contributed by atoms with Gasteiger partial charge in [0.15, 0.2) is 5.78 Å². The minimum Gasteiger partial charge on any atom is -0.497 e. The summed E-state index contributed by atoms with van der Waals surface area (Å²) in [6.07, 6.45) is 1.83. The first-order chi connectivity index (χ1) is 14.0. The molecule has 1 aliphatic rings. The zero-order valence-corrected chi connectivity index (χ0v) is 17.1. The molecule has 0 bridgehead atoms. The fourth-order valence-electron chi connectivity index (χ4n) is 3.39. The van der Waals surface area contributed by atoms with Crippen molar-refractivity contribution in [1.29, 1.82) is 0 Å². The molecule has 1 unspecified atom stereocenters. The molecule has 154 valence electrons. The highest BCUT2D eigenvalue weighted by atomic mass is 16.5. The van der Waals surface area contributed by atoms with Crippen molar-refractivity contribution in [2.45, 2.75) is 26.8 Å². The summed E-state index contributed by atoms with van der Waals surface area (Å²) in [4.78, 5) is 36.0. The summed E-state index contributed by atoms with van der Waals surface area (Å²) in [5, 5.41) is 0. The average molecular weight is 399 g/mol. The Labute approximate surface area is 169 Å². The summed E-state index contributed by atoms with van der Waals surface area (Å²) in [6.45, 7) is 4.65. The fraction of sp³-hybridized carbons (Fsp3) is 0.429. The third-order valence-corrected chi connectivity index (χ3v) is 4.88. The number of aryl methyl sites for hydroxylation is 1. The number of fused-ring (bicyclic) bond motifs is 1. The van der Waals surface area contributed by atoms with Crippen LogP contribution in [0, 0.1) is 12.8 Å². The third kappa shape index (κ3) is 4.31. The molecule has 0 saturated heterocycles. The van der Waals surface area contributed by atoms with Crippen LogP contribution in [0.25, 0.3) is 0 Å². The standard InChI is InChI=1S/C21H25N3O5/c1-5-29-21(26)16-8-9-24(20-17(19(16)25)11-22-13(2)23-20)12-14-6-7-15(27-3)10-18(14)28-4/h6-7,10-11,16H,5,8-9,12H2,1-4H3. The van der Waals surface area contributed by atoms with Crippen molar-refractivity contribution in [3.05, 3.63) is 41.3 Å². The van der Waals surface area contributed by atoms with Gasteiger partial charge in [0.2, 0.25) is 0 Å². The quantitative estimate of drug-likeness (QED) is 0.541. The average Bonchev–Trinajstić information content (AvgIpc) is 2.85. The Morgan fingerprint density at radius 1 is 1.28 bits per heavy atom. The SMILES string of the molecule is CCOC(=O)C1CCN(Cc2ccc(OC)cc2OC)c2nc(C)ncc2C1=O. The van der Waals surface area contributed by atoms with Crippen molar-refractivity contribution in [2.75, 3.05) is 32.3 Å². The van der Waals surface area contributed by atoms with E-state index < -0.39 is 11.9 Å². The molecule has 0 fully saturated rings. The van der Waals surface area contributed by atoms with E-state index in [0.29, 0.717) is 48.2 Å². The van der Waals surface area contributed by atoms with Gasteiger partial charge in [0.1, 0.15) is 29.1 Å². The van der Waals surface area contributed by atoms with Gasteiger partial charge in [0.25, 0.3) is 0 Å². The Balaban J connectivity index is 1.98. The molecule has 0 amide bonds. The van der Waals surface area contributed by atoms with Crippen LogP contribution in [0.2, 0.25) is 0 Å². The molecule has 1 atom stereocenters. The third-order valence-electron chi connectivity index (χ3n) is 4.88. The zero-order valence-electron chi connectivity index (χ0n) is 17.1. The first kappa shape index (κ1) is 20.6. The Hall–Kier alpha value is -3.16. The molecular formula is C21H25N3O5. The molecule has 1 aromatic heterocycles. The lowest BCUT2D eigenvalue weighted by Crippen LogP contribution is -2.28. The highest BCUT2D eigenvalue weighted by Crippen LogP contribution is 2.32. The van der Waals surface area contributed by atoms with Gasteiger partial charge in [-0.2, -0.15) is 0 Å². The molecule has 29 heavy (non-hydrogen) atoms. The maximum Gasteiger partial charge on any atom is 0.316 e. The van der Waals surface area contributed by atoms with Gasteiger partial charge in [-0.3, -0.25) is 9.59 Å². The molecule has 2 heterocycles. The van der Waals surface area contributed by atoms with Crippen LogP contribution in [0.5, 0.6) is 11.5 Å². The largest absolute Gasteiger partial charge is 0.497 e. The molecule has 1 aromatic carbocycles. The van der Waals surface area contributed by atoms with Crippen molar-refractivity contribution in [2.24, 2.45) is 5.92 Å². The topological polar surface area (TPSA) is 90.8 Å². The first-order valence-electron chi connectivity index (χ1n) is 9.48. The number of esters is 1. The van der Waals surface area contributed by atoms with E-state index in [1.165, 1.54) is 6.20 Å². The number of ketones is 1. The van der Waals surface area contributed by atoms with Crippen LogP contribution in [-0.2, 0) is 16.1 Å². The predicted octanol–water partition coefficient (Wildman–Crippen LogP) is 2.57. The Kier molecular flexibility index (Phi) is 6.31. The molecule has 3 rings (SSSR count). The summed E-state index contributed by atoms with van der Waals surface area (Å²) in [5.41, 5.74) is 1.25. The van der Waals surface area contributed by atoms with Crippen LogP contribution in [0.4, 0.5) is 5.82 Å². The second-order valence-electron chi connectivity index (χ2n) is 6.71. The van der Waals surface area contributed by atoms with Gasteiger partial charge in [0.05, 0.1) is 26.4 Å². The fourth-order valence-corrected chi connectivity index (χ4v) is 3.39. The molecule has 0 spiro atoms. The normalized spacial score (nSPS) is 16.1. The Morgan fingerprint density at radius 3 is 2.76 bits per heavy atom. The number of rotatable bonds is 6. The smallest absolute Gasteiger partial charge is 0.316 e. The number of hydrogen-bond acceptors (Lipinski definition) is 8. The number of Topliss-reactive ketones (excluding diaryl/α,β-unsaturated/α-hetero) is 1. The number of benzene rings is 1. The first-order valence-corrected chi connectivity index (χ1v) is 9.48. The lowest BCUT2D eigenvalue weighted by Gasteiger charge is -2.24. The van der Waals surface area contributed by atoms with Crippen molar-refractivity contribution < 1.29 is 23.8 Å². The van der Waals surface area contributed by atoms with Crippen molar-refractivity contribution >= 4 is 17.6 Å². The molecule has 0 radical (unpaired) electrons. The van der Waals surface area contributed by atoms with Crippen LogP contribution in [0.3, 0.4) is 0 Å². The molecular weight excluding hydrogens is 374 g/mol. The van der Waals surface area contributed by atoms with E-state index in [1.807, 2.05) is 23.1 Å². The van der Waals surface area contributed by atoms with Crippen molar-refractivity contribution in [3.8, 4) is 11.5 Å². The molecule has 0 saturated carbocycles. The number of carbonyl (C=O) groups is 2. The molecule has 8 heteroatoms. The summed E-state index contributed by atoms with van der Waals surface area (Å²) in [7, 11) is 3.20. The van der Waals surface area contributed by atoms with E-state index in [-0.39, 0.29) is 12.4 Å². The number of hydrogen-bond donors (Lipinski definition) is 0. The lowest BCUT2D eigenvalue weighted by molar-refractivity contribution is -0.146. The monoisotopic (exact) mass is 399 g/mol. The number of methoxy groups -OCH3 is 2. The van der Waals surface area contributed by atoms with Crippen LogP contribution in [-0.4, -0.2) is 49.1 Å². The van der Waals surface area contributed by atoms with Gasteiger partial charge in [-0.15, -0.1) is 0 Å². The van der Waals surface area contributed by atoms with Gasteiger partial charge >= 0.3 is 5.97 Å². The minimum absolute atomic E-state index is 0.229. The highest BCUT2D eigenvalue weighted by Gasteiger charge is 2.36. The van der Waals surface area contributed by atoms with Crippen molar-refractivity contribution in [3.63, 3.8) is 0 Å². The zero-order chi connectivity index (χ0) is 21.0. The van der Waals surface area contributed by atoms with Gasteiger partial charge < -0.3 is 19.1 Å². The Morgan fingerprint density at radius 2 is 2.07 bits per heavy atom. The van der Waals surface area contributed by atoms with Gasteiger partial charge in [0, 0.05) is 30.9 Å². The van der Waals surface area contributed by atoms with Crippen LogP contribution in [0.15, 0.2) is 24.4 Å². The molecule has 0 N–H and O–H groups in total. The number of aromatic nitrogens is 2. The number of nitrogens with zero attached hydrogens (tertiary/aromatic N) is 3. The summed E-state index contributed by atoms with van der Waals surface area (Å²) >= 11 is 0. The summed E-state index contributed by atoms with van der Waals surface area (Å²) in [6, 6.07) is 5.58. The van der Waals surface area contributed by atoms with Gasteiger partial charge in [-0.25, -0.2) is 9.97 Å². The summed E-state index contributed by atoms with van der Waals surface area (Å²) < 4.78 is 15.9. The van der Waals surface area contributed by atoms with E-state index >= 15 is 0 Å². The number of anilines is 1. The van der Waals surface area contributed by atoms with Crippen molar-refractivity contribution in [1.82, 2.24) is 9.97 Å². The number of carbonyl (C=O) groups excluding carboxylic acids is 2. The van der Waals surface area contributed by atoms with Crippen LogP contribution in [0.1, 0.15) is 35.1 Å². The second-order valence-corrected chi connectivity index (χ2v) is 6.71. The molecule has 2 aromatic rings. The molecule has 1 aliphatic heterocycles. The van der Waals surface area contributed by atoms with E-state index in [4.69, 9.17) is 14.2 Å². The van der Waals surface area contributed by atoms with Gasteiger partial charge in [-0.1, -0.05) is 0 Å². The van der Waals surface area contributed by atoms with E-state index in [0.717, 1.165) is 5.56 Å². The van der Waals surface area contributed by atoms with Crippen LogP contribution < -0.4 is 14.4 Å². The lowest BCUT2D eigenvalue weighted by atomic mass is 9.97. The maximum absolute atomic E-state index is 13.0. The minimum atomic E-state index is -0.859. The Bertz CT molecular complexity index is 915. The maximum atomic E-state index is 13.0. The highest BCUT2D eigenvalue weighted by molar-refractivity contribution is 6.11. The van der Waals surface area contributed by atoms with E-state index in [9.17, 15) is 9.59 Å². The predicted molar refractivity (Wildman–Crippen MR) is 106 cm³/mol. The van der Waals surface area contributed by atoms with Gasteiger partial charge in [-0.05, 0) is 32.4 Å². The second kappa shape index (κ2) is 8.89. The van der Waals surface area contributed by atoms with Crippen LogP contribution >= 0.6 is 0 Å². The van der Waals surface area contributed by atoms with E-state index in [1.54, 1.807) is 28.1 Å². The molecule has 0 aliphatic carbocycles. The molecule has 8 nitrogen and oxygen atoms in total.